The van der Waals surface area contributed by atoms with E-state index in [4.69, 9.17) is 10.5 Å². The minimum Gasteiger partial charge on any atom is -0.492 e. The molecule has 1 heterocycles. The van der Waals surface area contributed by atoms with E-state index < -0.39 is 0 Å². The van der Waals surface area contributed by atoms with Crippen molar-refractivity contribution in [3.63, 3.8) is 0 Å². The Morgan fingerprint density at radius 2 is 2.06 bits per heavy atom. The van der Waals surface area contributed by atoms with Gasteiger partial charge in [-0.1, -0.05) is 22.0 Å². The minimum atomic E-state index is 0. The molecule has 0 unspecified atom stereocenters. The normalized spacial score (nSPS) is 17.2. The van der Waals surface area contributed by atoms with Crippen LogP contribution in [-0.2, 0) is 0 Å². The number of nitrogens with two attached hydrogens (primary N) is 1. The first kappa shape index (κ1) is 15.8. The topological polar surface area (TPSA) is 38.5 Å². The van der Waals surface area contributed by atoms with Crippen LogP contribution in [0.2, 0.25) is 0 Å². The Balaban J connectivity index is 0.00000162. The molecule has 0 aliphatic carbocycles. The summed E-state index contributed by atoms with van der Waals surface area (Å²) in [5.74, 6) is 0.924. The maximum Gasteiger partial charge on any atom is 0.120 e. The van der Waals surface area contributed by atoms with Gasteiger partial charge in [0.2, 0.25) is 0 Å². The highest BCUT2D eigenvalue weighted by Gasteiger charge is 2.15. The van der Waals surface area contributed by atoms with E-state index >= 15 is 0 Å². The number of nitrogens with zero attached hydrogens (tertiary/aromatic N) is 1. The van der Waals surface area contributed by atoms with Gasteiger partial charge in [0.25, 0.3) is 0 Å². The number of hydrogen-bond donors (Lipinski definition) is 1. The Kier molecular flexibility index (Phi) is 7.00. The number of piperidine rings is 1. The molecule has 18 heavy (non-hydrogen) atoms. The number of benzene rings is 1. The van der Waals surface area contributed by atoms with E-state index in [1.54, 1.807) is 0 Å². The minimum absolute atomic E-state index is 0. The molecule has 0 aromatic heterocycles. The highest BCUT2D eigenvalue weighted by Crippen LogP contribution is 2.17. The van der Waals surface area contributed by atoms with Crippen molar-refractivity contribution >= 4 is 28.3 Å². The maximum atomic E-state index is 5.87. The van der Waals surface area contributed by atoms with Crippen molar-refractivity contribution in [3.8, 4) is 5.75 Å². The lowest BCUT2D eigenvalue weighted by Gasteiger charge is -2.29. The van der Waals surface area contributed by atoms with E-state index in [0.717, 1.165) is 49.3 Å². The monoisotopic (exact) mass is 334 g/mol. The van der Waals surface area contributed by atoms with Crippen molar-refractivity contribution < 1.29 is 4.74 Å². The molecule has 1 aromatic carbocycles. The molecular formula is C13H20BrClN2O. The predicted octanol–water partition coefficient (Wildman–Crippen LogP) is 2.67. The molecule has 1 aliphatic heterocycles. The zero-order valence-electron chi connectivity index (χ0n) is 10.3. The summed E-state index contributed by atoms with van der Waals surface area (Å²) < 4.78 is 6.77. The smallest absolute Gasteiger partial charge is 0.120 e. The average Bonchev–Trinajstić information content (AvgIpc) is 2.32. The van der Waals surface area contributed by atoms with Gasteiger partial charge in [-0.25, -0.2) is 0 Å². The van der Waals surface area contributed by atoms with Crippen LogP contribution in [0.5, 0.6) is 5.75 Å². The van der Waals surface area contributed by atoms with Gasteiger partial charge in [0.15, 0.2) is 0 Å². The fourth-order valence-corrected chi connectivity index (χ4v) is 2.40. The first-order valence-corrected chi connectivity index (χ1v) is 6.89. The predicted molar refractivity (Wildman–Crippen MR) is 80.5 cm³/mol. The van der Waals surface area contributed by atoms with E-state index in [-0.39, 0.29) is 12.4 Å². The molecule has 2 N–H and O–H groups in total. The van der Waals surface area contributed by atoms with E-state index in [0.29, 0.717) is 6.04 Å². The van der Waals surface area contributed by atoms with Crippen LogP contribution in [0.3, 0.4) is 0 Å². The number of hydrogen-bond acceptors (Lipinski definition) is 3. The van der Waals surface area contributed by atoms with Crippen LogP contribution in [0.25, 0.3) is 0 Å². The van der Waals surface area contributed by atoms with Gasteiger partial charge < -0.3 is 10.5 Å². The van der Waals surface area contributed by atoms with Gasteiger partial charge in [-0.15, -0.1) is 12.4 Å². The van der Waals surface area contributed by atoms with Crippen molar-refractivity contribution in [1.29, 1.82) is 0 Å². The highest BCUT2D eigenvalue weighted by molar-refractivity contribution is 9.10. The molecule has 3 nitrogen and oxygen atoms in total. The molecule has 0 spiro atoms. The van der Waals surface area contributed by atoms with Crippen molar-refractivity contribution in [2.45, 2.75) is 18.9 Å². The number of rotatable bonds is 4. The zero-order chi connectivity index (χ0) is 12.1. The van der Waals surface area contributed by atoms with Gasteiger partial charge in [0.1, 0.15) is 12.4 Å². The highest BCUT2D eigenvalue weighted by atomic mass is 79.9. The summed E-state index contributed by atoms with van der Waals surface area (Å²) in [6.07, 6.45) is 2.22. The zero-order valence-corrected chi connectivity index (χ0v) is 12.8. The van der Waals surface area contributed by atoms with Gasteiger partial charge in [0.05, 0.1) is 0 Å². The average molecular weight is 336 g/mol. The van der Waals surface area contributed by atoms with E-state index in [1.165, 1.54) is 0 Å². The van der Waals surface area contributed by atoms with Crippen molar-refractivity contribution in [1.82, 2.24) is 4.90 Å². The standard InChI is InChI=1S/C13H19BrN2O.ClH/c14-11-2-1-3-13(10-11)17-9-8-16-6-4-12(15)5-7-16;/h1-3,10,12H,4-9,15H2;1H. The second kappa shape index (κ2) is 8.00. The second-order valence-corrected chi connectivity index (χ2v) is 5.40. The van der Waals surface area contributed by atoms with Crippen molar-refractivity contribution in [2.75, 3.05) is 26.2 Å². The van der Waals surface area contributed by atoms with Crippen molar-refractivity contribution in [3.05, 3.63) is 28.7 Å². The van der Waals surface area contributed by atoms with Gasteiger partial charge >= 0.3 is 0 Å². The van der Waals surface area contributed by atoms with Crippen LogP contribution in [0.4, 0.5) is 0 Å². The van der Waals surface area contributed by atoms with Crippen LogP contribution < -0.4 is 10.5 Å². The number of halogens is 2. The van der Waals surface area contributed by atoms with Crippen LogP contribution in [0.15, 0.2) is 28.7 Å². The molecule has 5 heteroatoms. The Morgan fingerprint density at radius 1 is 1.33 bits per heavy atom. The number of likely N-dealkylation sites (tertiary alicyclic amines) is 1. The molecule has 0 saturated carbocycles. The van der Waals surface area contributed by atoms with Crippen LogP contribution in [0.1, 0.15) is 12.8 Å². The molecule has 1 fully saturated rings. The summed E-state index contributed by atoms with van der Waals surface area (Å²) in [5, 5.41) is 0. The molecule has 102 valence electrons. The summed E-state index contributed by atoms with van der Waals surface area (Å²) >= 11 is 3.43. The third-order valence-corrected chi connectivity index (χ3v) is 3.60. The van der Waals surface area contributed by atoms with Crippen LogP contribution >= 0.6 is 28.3 Å². The first-order chi connectivity index (χ1) is 8.24. The quantitative estimate of drug-likeness (QED) is 0.919. The molecule has 0 atom stereocenters. The summed E-state index contributed by atoms with van der Waals surface area (Å²) in [6.45, 7) is 3.93. The Hall–Kier alpha value is -0.290. The molecule has 0 bridgehead atoms. The second-order valence-electron chi connectivity index (χ2n) is 4.48. The SMILES string of the molecule is Cl.NC1CCN(CCOc2cccc(Br)c2)CC1. The molecule has 1 aromatic rings. The lowest BCUT2D eigenvalue weighted by atomic mass is 10.1. The molecular weight excluding hydrogens is 316 g/mol. The first-order valence-electron chi connectivity index (χ1n) is 6.10. The molecule has 1 saturated heterocycles. The lowest BCUT2D eigenvalue weighted by molar-refractivity contribution is 0.174. The fraction of sp³-hybridized carbons (Fsp3) is 0.538. The van der Waals surface area contributed by atoms with Crippen LogP contribution in [0, 0.1) is 0 Å². The summed E-state index contributed by atoms with van der Waals surface area (Å²) in [4.78, 5) is 2.42. The van der Waals surface area contributed by atoms with Gasteiger partial charge in [-0.05, 0) is 44.1 Å². The Labute approximate surface area is 123 Å². The van der Waals surface area contributed by atoms with Gasteiger partial charge in [-0.2, -0.15) is 0 Å². The fourth-order valence-electron chi connectivity index (χ4n) is 2.03. The van der Waals surface area contributed by atoms with E-state index in [2.05, 4.69) is 20.8 Å². The summed E-state index contributed by atoms with van der Waals surface area (Å²) in [6, 6.07) is 8.36. The Morgan fingerprint density at radius 3 is 2.72 bits per heavy atom. The van der Waals surface area contributed by atoms with Gasteiger partial charge in [-0.3, -0.25) is 4.90 Å². The molecule has 1 aliphatic rings. The van der Waals surface area contributed by atoms with Crippen molar-refractivity contribution in [2.24, 2.45) is 5.73 Å². The maximum absolute atomic E-state index is 5.87. The molecule has 0 amide bonds. The van der Waals surface area contributed by atoms with Crippen LogP contribution in [-0.4, -0.2) is 37.2 Å². The van der Waals surface area contributed by atoms with E-state index in [9.17, 15) is 0 Å². The van der Waals surface area contributed by atoms with Gasteiger partial charge in [0, 0.05) is 17.1 Å². The summed E-state index contributed by atoms with van der Waals surface area (Å²) in [7, 11) is 0. The Bertz CT molecular complexity index is 357. The van der Waals surface area contributed by atoms with E-state index in [1.807, 2.05) is 24.3 Å². The third-order valence-electron chi connectivity index (χ3n) is 3.10. The largest absolute Gasteiger partial charge is 0.492 e. The number of ether oxygens (including phenoxy) is 1. The molecule has 2 rings (SSSR count). The lowest BCUT2D eigenvalue weighted by Crippen LogP contribution is -2.41. The third kappa shape index (κ3) is 5.14. The molecule has 0 radical (unpaired) electrons. The summed E-state index contributed by atoms with van der Waals surface area (Å²) in [5.41, 5.74) is 5.87.